The lowest BCUT2D eigenvalue weighted by Crippen LogP contribution is -2.47. The van der Waals surface area contributed by atoms with E-state index in [-0.39, 0.29) is 12.5 Å². The molecule has 0 aromatic rings. The van der Waals surface area contributed by atoms with Gasteiger partial charge in [0.05, 0.1) is 0 Å². The quantitative estimate of drug-likeness (QED) is 0.763. The average molecular weight is 228 g/mol. The first-order valence-corrected chi connectivity index (χ1v) is 6.20. The van der Waals surface area contributed by atoms with Crippen molar-refractivity contribution >= 4 is 5.91 Å². The van der Waals surface area contributed by atoms with Crippen LogP contribution in [0.25, 0.3) is 0 Å². The van der Waals surface area contributed by atoms with E-state index < -0.39 is 0 Å². The fourth-order valence-electron chi connectivity index (χ4n) is 2.03. The Morgan fingerprint density at radius 1 is 1.50 bits per heavy atom. The Morgan fingerprint density at radius 3 is 2.62 bits per heavy atom. The van der Waals surface area contributed by atoms with Crippen LogP contribution in [0.1, 0.15) is 33.1 Å². The normalized spacial score (nSPS) is 19.8. The molecule has 1 unspecified atom stereocenters. The largest absolute Gasteiger partial charge is 0.375 e. The predicted molar refractivity (Wildman–Crippen MR) is 64.4 cm³/mol. The second-order valence-electron chi connectivity index (χ2n) is 4.56. The maximum Gasteiger partial charge on any atom is 0.248 e. The van der Waals surface area contributed by atoms with Crippen molar-refractivity contribution in [3.63, 3.8) is 0 Å². The van der Waals surface area contributed by atoms with E-state index in [2.05, 4.69) is 19.2 Å². The molecule has 94 valence electrons. The Kier molecular flexibility index (Phi) is 5.77. The number of likely N-dealkylation sites (tertiary alicyclic amines) is 1. The summed E-state index contributed by atoms with van der Waals surface area (Å²) in [4.78, 5) is 13.5. The van der Waals surface area contributed by atoms with Gasteiger partial charge in [0, 0.05) is 32.3 Å². The Labute approximate surface area is 98.3 Å². The molecule has 1 N–H and O–H groups in total. The van der Waals surface area contributed by atoms with Crippen molar-refractivity contribution in [2.24, 2.45) is 0 Å². The van der Waals surface area contributed by atoms with E-state index in [1.165, 1.54) is 0 Å². The second kappa shape index (κ2) is 6.86. The van der Waals surface area contributed by atoms with E-state index in [0.717, 1.165) is 32.4 Å². The summed E-state index contributed by atoms with van der Waals surface area (Å²) in [6.07, 6.45) is 3.27. The summed E-state index contributed by atoms with van der Waals surface area (Å²) in [5, 5.41) is 3.59. The minimum absolute atomic E-state index is 0.115. The highest BCUT2D eigenvalue weighted by atomic mass is 16.5. The first-order valence-electron chi connectivity index (χ1n) is 6.20. The third-order valence-electron chi connectivity index (χ3n) is 3.25. The van der Waals surface area contributed by atoms with Crippen molar-refractivity contribution in [3.05, 3.63) is 0 Å². The van der Waals surface area contributed by atoms with Crippen LogP contribution in [0.4, 0.5) is 0 Å². The molecule has 4 nitrogen and oxygen atoms in total. The Hall–Kier alpha value is -0.610. The summed E-state index contributed by atoms with van der Waals surface area (Å²) in [7, 11) is 1.56. The zero-order valence-corrected chi connectivity index (χ0v) is 10.7. The molecule has 1 heterocycles. The van der Waals surface area contributed by atoms with Crippen LogP contribution in [-0.2, 0) is 9.53 Å². The molecule has 16 heavy (non-hydrogen) atoms. The molecule has 0 spiro atoms. The van der Waals surface area contributed by atoms with Crippen LogP contribution in [0.3, 0.4) is 0 Å². The first-order chi connectivity index (χ1) is 7.67. The lowest BCUT2D eigenvalue weighted by atomic mass is 10.0. The number of carbonyl (C=O) groups is 1. The zero-order valence-electron chi connectivity index (χ0n) is 10.7. The van der Waals surface area contributed by atoms with Crippen molar-refractivity contribution in [3.8, 4) is 0 Å². The number of carbonyl (C=O) groups excluding carboxylic acids is 1. The minimum atomic E-state index is 0.115. The highest BCUT2D eigenvalue weighted by Gasteiger charge is 2.22. The molecule has 1 aliphatic rings. The molecular weight excluding hydrogens is 204 g/mol. The predicted octanol–water partition coefficient (Wildman–Crippen LogP) is 1.01. The topological polar surface area (TPSA) is 41.6 Å². The van der Waals surface area contributed by atoms with E-state index in [1.807, 2.05) is 4.90 Å². The van der Waals surface area contributed by atoms with Gasteiger partial charge in [-0.2, -0.15) is 0 Å². The number of ether oxygens (including phenoxy) is 1. The van der Waals surface area contributed by atoms with Gasteiger partial charge in [0.2, 0.25) is 5.91 Å². The van der Waals surface area contributed by atoms with Gasteiger partial charge >= 0.3 is 0 Å². The molecule has 0 aromatic heterocycles. The summed E-state index contributed by atoms with van der Waals surface area (Å²) in [5.41, 5.74) is 0. The van der Waals surface area contributed by atoms with E-state index >= 15 is 0 Å². The van der Waals surface area contributed by atoms with Gasteiger partial charge in [-0.3, -0.25) is 4.79 Å². The summed E-state index contributed by atoms with van der Waals surface area (Å²) in [5.74, 6) is 0.115. The number of piperidine rings is 1. The molecule has 1 saturated heterocycles. The van der Waals surface area contributed by atoms with Gasteiger partial charge in [-0.25, -0.2) is 0 Å². The molecule has 1 atom stereocenters. The van der Waals surface area contributed by atoms with Crippen molar-refractivity contribution in [1.29, 1.82) is 0 Å². The fraction of sp³-hybridized carbons (Fsp3) is 0.917. The molecule has 1 fully saturated rings. The van der Waals surface area contributed by atoms with Gasteiger partial charge in [-0.1, -0.05) is 6.92 Å². The molecule has 0 radical (unpaired) electrons. The van der Waals surface area contributed by atoms with Gasteiger partial charge in [0.15, 0.2) is 0 Å². The number of hydrogen-bond donors (Lipinski definition) is 1. The molecule has 1 aliphatic heterocycles. The molecule has 1 rings (SSSR count). The monoisotopic (exact) mass is 228 g/mol. The van der Waals surface area contributed by atoms with Crippen molar-refractivity contribution in [2.75, 3.05) is 26.8 Å². The molecule has 0 aliphatic carbocycles. The summed E-state index contributed by atoms with van der Waals surface area (Å²) < 4.78 is 4.86. The van der Waals surface area contributed by atoms with Crippen molar-refractivity contribution < 1.29 is 9.53 Å². The SMILES string of the molecule is CCC(C)NC1CCN(C(=O)COC)CC1. The van der Waals surface area contributed by atoms with E-state index in [0.29, 0.717) is 12.1 Å². The highest BCUT2D eigenvalue weighted by Crippen LogP contribution is 2.11. The third-order valence-corrected chi connectivity index (χ3v) is 3.25. The van der Waals surface area contributed by atoms with Gasteiger partial charge < -0.3 is 15.0 Å². The minimum Gasteiger partial charge on any atom is -0.375 e. The Morgan fingerprint density at radius 2 is 2.12 bits per heavy atom. The third kappa shape index (κ3) is 4.10. The zero-order chi connectivity index (χ0) is 12.0. The van der Waals surface area contributed by atoms with E-state index in [1.54, 1.807) is 7.11 Å². The number of hydrogen-bond acceptors (Lipinski definition) is 3. The molecule has 0 bridgehead atoms. The van der Waals surface area contributed by atoms with Crippen LogP contribution in [-0.4, -0.2) is 49.7 Å². The van der Waals surface area contributed by atoms with Crippen LogP contribution in [0.5, 0.6) is 0 Å². The second-order valence-corrected chi connectivity index (χ2v) is 4.56. The van der Waals surface area contributed by atoms with Crippen LogP contribution >= 0.6 is 0 Å². The fourth-order valence-corrected chi connectivity index (χ4v) is 2.03. The van der Waals surface area contributed by atoms with Gasteiger partial charge in [0.25, 0.3) is 0 Å². The van der Waals surface area contributed by atoms with Crippen LogP contribution in [0.15, 0.2) is 0 Å². The summed E-state index contributed by atoms with van der Waals surface area (Å²) in [6, 6.07) is 1.15. The van der Waals surface area contributed by atoms with Crippen LogP contribution in [0, 0.1) is 0 Å². The smallest absolute Gasteiger partial charge is 0.248 e. The summed E-state index contributed by atoms with van der Waals surface area (Å²) >= 11 is 0. The van der Waals surface area contributed by atoms with Crippen LogP contribution < -0.4 is 5.32 Å². The molecule has 1 amide bonds. The van der Waals surface area contributed by atoms with Crippen molar-refractivity contribution in [2.45, 2.75) is 45.2 Å². The number of nitrogens with zero attached hydrogens (tertiary/aromatic N) is 1. The van der Waals surface area contributed by atoms with Gasteiger partial charge in [-0.05, 0) is 26.2 Å². The van der Waals surface area contributed by atoms with Crippen LogP contribution in [0.2, 0.25) is 0 Å². The summed E-state index contributed by atoms with van der Waals surface area (Å²) in [6.45, 7) is 6.33. The lowest BCUT2D eigenvalue weighted by molar-refractivity contribution is -0.136. The lowest BCUT2D eigenvalue weighted by Gasteiger charge is -2.33. The van der Waals surface area contributed by atoms with E-state index in [4.69, 9.17) is 4.74 Å². The first kappa shape index (κ1) is 13.5. The Balaban J connectivity index is 2.25. The molecule has 0 aromatic carbocycles. The van der Waals surface area contributed by atoms with Gasteiger partial charge in [-0.15, -0.1) is 0 Å². The molecule has 0 saturated carbocycles. The average Bonchev–Trinajstić information content (AvgIpc) is 2.30. The number of rotatable bonds is 5. The number of amides is 1. The standard InChI is InChI=1S/C12H24N2O2/c1-4-10(2)13-11-5-7-14(8-6-11)12(15)9-16-3/h10-11,13H,4-9H2,1-3H3. The maximum atomic E-state index is 11.6. The maximum absolute atomic E-state index is 11.6. The van der Waals surface area contributed by atoms with E-state index in [9.17, 15) is 4.79 Å². The number of nitrogens with one attached hydrogen (secondary N) is 1. The molecular formula is C12H24N2O2. The Bertz CT molecular complexity index is 213. The number of methoxy groups -OCH3 is 1. The van der Waals surface area contributed by atoms with Gasteiger partial charge in [0.1, 0.15) is 6.61 Å². The van der Waals surface area contributed by atoms with Crippen molar-refractivity contribution in [1.82, 2.24) is 10.2 Å². The molecule has 4 heteroatoms. The highest BCUT2D eigenvalue weighted by molar-refractivity contribution is 5.77.